The van der Waals surface area contributed by atoms with Crippen LogP contribution in [0.4, 0.5) is 13.2 Å². The Balaban J connectivity index is 2.09. The fourth-order valence-corrected chi connectivity index (χ4v) is 2.46. The van der Waals surface area contributed by atoms with Gasteiger partial charge < -0.3 is 9.14 Å². The topological polar surface area (TPSA) is 26.5 Å². The Bertz CT molecular complexity index is 814. The Labute approximate surface area is 125 Å². The zero-order valence-corrected chi connectivity index (χ0v) is 11.8. The van der Waals surface area contributed by atoms with Gasteiger partial charge in [-0.05, 0) is 36.8 Å². The highest BCUT2D eigenvalue weighted by molar-refractivity contribution is 5.67. The summed E-state index contributed by atoms with van der Waals surface area (Å²) in [6, 6.07) is 9.50. The summed E-state index contributed by atoms with van der Waals surface area (Å²) in [5.41, 5.74) is 2.84. The van der Waals surface area contributed by atoms with Crippen molar-refractivity contribution in [3.05, 3.63) is 54.1 Å². The number of hydrogen-bond acceptors (Lipinski definition) is 2. The molecule has 0 unspecified atom stereocenters. The zero-order chi connectivity index (χ0) is 15.7. The van der Waals surface area contributed by atoms with Crippen LogP contribution < -0.4 is 4.74 Å². The lowest BCUT2D eigenvalue weighted by Gasteiger charge is -2.07. The van der Waals surface area contributed by atoms with Gasteiger partial charge in [0.1, 0.15) is 5.65 Å². The SMILES string of the molecule is CCc1c(-c2ccc(OC(F)F)c(F)c2)nc2ccccn12. The molecule has 0 aliphatic rings. The van der Waals surface area contributed by atoms with Crippen LogP contribution in [-0.2, 0) is 6.42 Å². The number of alkyl halides is 2. The molecule has 0 amide bonds. The van der Waals surface area contributed by atoms with E-state index in [1.165, 1.54) is 18.2 Å². The van der Waals surface area contributed by atoms with Crippen molar-refractivity contribution < 1.29 is 17.9 Å². The predicted molar refractivity (Wildman–Crippen MR) is 76.6 cm³/mol. The minimum absolute atomic E-state index is 0.472. The first-order chi connectivity index (χ1) is 10.6. The second kappa shape index (κ2) is 5.71. The maximum Gasteiger partial charge on any atom is 0.387 e. The number of benzene rings is 1. The number of imidazole rings is 1. The van der Waals surface area contributed by atoms with E-state index in [1.54, 1.807) is 0 Å². The van der Waals surface area contributed by atoms with Crippen molar-refractivity contribution in [2.45, 2.75) is 20.0 Å². The van der Waals surface area contributed by atoms with Gasteiger partial charge in [-0.1, -0.05) is 13.0 Å². The first-order valence-corrected chi connectivity index (χ1v) is 6.81. The molecule has 0 aliphatic carbocycles. The first kappa shape index (κ1) is 14.4. The highest BCUT2D eigenvalue weighted by atomic mass is 19.3. The van der Waals surface area contributed by atoms with Crippen LogP contribution in [0.1, 0.15) is 12.6 Å². The lowest BCUT2D eigenvalue weighted by molar-refractivity contribution is -0.0521. The normalized spacial score (nSPS) is 11.3. The Kier molecular flexibility index (Phi) is 3.75. The average molecular weight is 306 g/mol. The van der Waals surface area contributed by atoms with E-state index in [1.807, 2.05) is 35.7 Å². The molecule has 0 atom stereocenters. The van der Waals surface area contributed by atoms with Crippen LogP contribution in [0.15, 0.2) is 42.6 Å². The first-order valence-electron chi connectivity index (χ1n) is 6.81. The summed E-state index contributed by atoms with van der Waals surface area (Å²) in [4.78, 5) is 4.49. The number of halogens is 3. The van der Waals surface area contributed by atoms with Crippen molar-refractivity contribution in [2.24, 2.45) is 0 Å². The molecular formula is C16H13F3N2O. The van der Waals surface area contributed by atoms with Crippen molar-refractivity contribution in [2.75, 3.05) is 0 Å². The zero-order valence-electron chi connectivity index (χ0n) is 11.8. The molecule has 0 saturated heterocycles. The van der Waals surface area contributed by atoms with Crippen molar-refractivity contribution >= 4 is 5.65 Å². The predicted octanol–water partition coefficient (Wildman–Crippen LogP) is 4.30. The molecule has 0 fully saturated rings. The summed E-state index contributed by atoms with van der Waals surface area (Å²) in [6.07, 6.45) is 2.59. The van der Waals surface area contributed by atoms with E-state index in [-0.39, 0.29) is 0 Å². The van der Waals surface area contributed by atoms with Crippen LogP contribution in [0.3, 0.4) is 0 Å². The van der Waals surface area contributed by atoms with Gasteiger partial charge in [0.15, 0.2) is 11.6 Å². The quantitative estimate of drug-likeness (QED) is 0.718. The van der Waals surface area contributed by atoms with E-state index in [9.17, 15) is 13.2 Å². The molecule has 6 heteroatoms. The Morgan fingerprint density at radius 1 is 1.23 bits per heavy atom. The number of fused-ring (bicyclic) bond motifs is 1. The lowest BCUT2D eigenvalue weighted by Crippen LogP contribution is -2.03. The third kappa shape index (κ3) is 2.52. The molecule has 0 radical (unpaired) electrons. The standard InChI is InChI=1S/C16H13F3N2O/c1-2-12-15(20-14-5-3-4-8-21(12)14)10-6-7-13(11(17)9-10)22-16(18)19/h3-9,16H,2H2,1H3. The van der Waals surface area contributed by atoms with E-state index in [4.69, 9.17) is 0 Å². The molecule has 0 spiro atoms. The molecule has 3 rings (SSSR count). The van der Waals surface area contributed by atoms with Crippen molar-refractivity contribution in [1.82, 2.24) is 9.38 Å². The third-order valence-electron chi connectivity index (χ3n) is 3.39. The van der Waals surface area contributed by atoms with Crippen molar-refractivity contribution in [3.63, 3.8) is 0 Å². The molecule has 114 valence electrons. The largest absolute Gasteiger partial charge is 0.432 e. The lowest BCUT2D eigenvalue weighted by atomic mass is 10.1. The van der Waals surface area contributed by atoms with Crippen molar-refractivity contribution in [1.29, 1.82) is 0 Å². The maximum atomic E-state index is 13.9. The van der Waals surface area contributed by atoms with Gasteiger partial charge in [-0.15, -0.1) is 0 Å². The van der Waals surface area contributed by atoms with Crippen LogP contribution in [0, 0.1) is 5.82 Å². The molecule has 0 saturated carbocycles. The van der Waals surface area contributed by atoms with Gasteiger partial charge in [0.05, 0.1) is 11.4 Å². The second-order valence-electron chi connectivity index (χ2n) is 4.71. The van der Waals surface area contributed by atoms with Crippen LogP contribution in [0.5, 0.6) is 5.75 Å². The molecule has 22 heavy (non-hydrogen) atoms. The van der Waals surface area contributed by atoms with Gasteiger partial charge >= 0.3 is 6.61 Å². The summed E-state index contributed by atoms with van der Waals surface area (Å²) < 4.78 is 44.3. The Morgan fingerprint density at radius 3 is 2.73 bits per heavy atom. The molecule has 1 aromatic carbocycles. The number of nitrogens with zero attached hydrogens (tertiary/aromatic N) is 2. The molecule has 2 aromatic heterocycles. The summed E-state index contributed by atoms with van der Waals surface area (Å²) in [7, 11) is 0. The average Bonchev–Trinajstić information content (AvgIpc) is 2.87. The molecule has 3 aromatic rings. The van der Waals surface area contributed by atoms with Crippen LogP contribution in [0.25, 0.3) is 16.9 Å². The molecule has 2 heterocycles. The minimum Gasteiger partial charge on any atom is -0.432 e. The van der Waals surface area contributed by atoms with E-state index in [2.05, 4.69) is 9.72 Å². The molecule has 0 aliphatic heterocycles. The van der Waals surface area contributed by atoms with Crippen LogP contribution >= 0.6 is 0 Å². The van der Waals surface area contributed by atoms with Crippen LogP contribution in [-0.4, -0.2) is 16.0 Å². The van der Waals surface area contributed by atoms with Gasteiger partial charge in [-0.3, -0.25) is 0 Å². The van der Waals surface area contributed by atoms with Crippen molar-refractivity contribution in [3.8, 4) is 17.0 Å². The van der Waals surface area contributed by atoms with Crippen LogP contribution in [0.2, 0.25) is 0 Å². The number of rotatable bonds is 4. The summed E-state index contributed by atoms with van der Waals surface area (Å²) in [5, 5.41) is 0. The van der Waals surface area contributed by atoms with E-state index in [0.717, 1.165) is 11.3 Å². The van der Waals surface area contributed by atoms with E-state index in [0.29, 0.717) is 17.7 Å². The number of ether oxygens (including phenoxy) is 1. The fourth-order valence-electron chi connectivity index (χ4n) is 2.46. The number of pyridine rings is 1. The summed E-state index contributed by atoms with van der Waals surface area (Å²) in [6.45, 7) is -1.08. The highest BCUT2D eigenvalue weighted by Gasteiger charge is 2.15. The minimum atomic E-state index is -3.05. The van der Waals surface area contributed by atoms with E-state index >= 15 is 0 Å². The molecule has 0 bridgehead atoms. The molecular weight excluding hydrogens is 293 g/mol. The summed E-state index contributed by atoms with van der Waals surface area (Å²) >= 11 is 0. The smallest absolute Gasteiger partial charge is 0.387 e. The van der Waals surface area contributed by atoms with Gasteiger partial charge in [0.25, 0.3) is 0 Å². The fraction of sp³-hybridized carbons (Fsp3) is 0.188. The molecule has 0 N–H and O–H groups in total. The molecule has 3 nitrogen and oxygen atoms in total. The Hall–Kier alpha value is -2.50. The van der Waals surface area contributed by atoms with Gasteiger partial charge in [-0.25, -0.2) is 9.37 Å². The highest BCUT2D eigenvalue weighted by Crippen LogP contribution is 2.29. The number of hydrogen-bond donors (Lipinski definition) is 0. The summed E-state index contributed by atoms with van der Waals surface area (Å²) in [5.74, 6) is -1.31. The van der Waals surface area contributed by atoms with Gasteiger partial charge in [-0.2, -0.15) is 8.78 Å². The maximum absolute atomic E-state index is 13.9. The number of aromatic nitrogens is 2. The van der Waals surface area contributed by atoms with Gasteiger partial charge in [0, 0.05) is 11.8 Å². The van der Waals surface area contributed by atoms with Gasteiger partial charge in [0.2, 0.25) is 0 Å². The Morgan fingerprint density at radius 2 is 2.05 bits per heavy atom. The second-order valence-corrected chi connectivity index (χ2v) is 4.71. The monoisotopic (exact) mass is 306 g/mol. The third-order valence-corrected chi connectivity index (χ3v) is 3.39. The number of aryl methyl sites for hydroxylation is 1. The van der Waals surface area contributed by atoms with E-state index < -0.39 is 18.2 Å².